The van der Waals surface area contributed by atoms with Gasteiger partial charge in [0.25, 0.3) is 0 Å². The van der Waals surface area contributed by atoms with Gasteiger partial charge in [-0.25, -0.2) is 8.78 Å². The van der Waals surface area contributed by atoms with Gasteiger partial charge in [0.15, 0.2) is 11.6 Å². The van der Waals surface area contributed by atoms with Gasteiger partial charge in [0.2, 0.25) is 5.91 Å². The lowest BCUT2D eigenvalue weighted by molar-refractivity contribution is -0.121. The van der Waals surface area contributed by atoms with Crippen molar-refractivity contribution in [1.29, 1.82) is 0 Å². The first kappa shape index (κ1) is 13.2. The second kappa shape index (κ2) is 5.98. The lowest BCUT2D eigenvalue weighted by Gasteiger charge is -2.14. The van der Waals surface area contributed by atoms with E-state index in [0.717, 1.165) is 12.1 Å². The minimum atomic E-state index is -0.950. The maximum atomic E-state index is 12.9. The number of rotatable bonds is 5. The van der Waals surface area contributed by atoms with Gasteiger partial charge in [0, 0.05) is 18.3 Å². The minimum Gasteiger partial charge on any atom is -0.374 e. The summed E-state index contributed by atoms with van der Waals surface area (Å²) in [5.41, 5.74) is 0.352. The number of nitrogens with one attached hydrogen (secondary N) is 2. The molecule has 2 N–H and O–H groups in total. The molecule has 0 aliphatic heterocycles. The molecule has 1 aromatic carbocycles. The Morgan fingerprint density at radius 1 is 1.47 bits per heavy atom. The van der Waals surface area contributed by atoms with Gasteiger partial charge in [-0.1, -0.05) is 6.08 Å². The van der Waals surface area contributed by atoms with Crippen molar-refractivity contribution in [2.75, 3.05) is 11.9 Å². The monoisotopic (exact) mass is 240 g/mol. The number of amides is 1. The molecule has 0 saturated heterocycles. The molecule has 5 heteroatoms. The van der Waals surface area contributed by atoms with Crippen LogP contribution in [0.4, 0.5) is 14.5 Å². The Morgan fingerprint density at radius 2 is 2.18 bits per heavy atom. The quantitative estimate of drug-likeness (QED) is 0.773. The van der Waals surface area contributed by atoms with E-state index in [2.05, 4.69) is 17.2 Å². The Labute approximate surface area is 98.5 Å². The molecule has 1 atom stereocenters. The largest absolute Gasteiger partial charge is 0.374 e. The zero-order chi connectivity index (χ0) is 12.8. The molecule has 3 nitrogen and oxygen atoms in total. The SMILES string of the molecule is C=CCNC(=O)C(C)Nc1ccc(F)c(F)c1. The van der Waals surface area contributed by atoms with Crippen LogP contribution in [-0.4, -0.2) is 18.5 Å². The fourth-order valence-corrected chi connectivity index (χ4v) is 1.23. The summed E-state index contributed by atoms with van der Waals surface area (Å²) in [5.74, 6) is -2.11. The molecule has 0 aliphatic rings. The van der Waals surface area contributed by atoms with E-state index in [9.17, 15) is 13.6 Å². The number of anilines is 1. The number of benzene rings is 1. The first-order valence-corrected chi connectivity index (χ1v) is 5.14. The Bertz CT molecular complexity index is 421. The standard InChI is InChI=1S/C12H14F2N2O/c1-3-6-15-12(17)8(2)16-9-4-5-10(13)11(14)7-9/h3-5,7-8,16H,1,6H2,2H3,(H,15,17). The highest BCUT2D eigenvalue weighted by Crippen LogP contribution is 2.13. The molecule has 0 spiro atoms. The Hall–Kier alpha value is -1.91. The van der Waals surface area contributed by atoms with E-state index >= 15 is 0 Å². The van der Waals surface area contributed by atoms with Gasteiger partial charge < -0.3 is 10.6 Å². The summed E-state index contributed by atoms with van der Waals surface area (Å²) in [6.45, 7) is 5.46. The second-order valence-corrected chi connectivity index (χ2v) is 3.53. The smallest absolute Gasteiger partial charge is 0.242 e. The summed E-state index contributed by atoms with van der Waals surface area (Å²) < 4.78 is 25.6. The zero-order valence-electron chi connectivity index (χ0n) is 9.47. The molecule has 0 radical (unpaired) electrons. The third-order valence-corrected chi connectivity index (χ3v) is 2.12. The molecule has 1 amide bonds. The van der Waals surface area contributed by atoms with E-state index in [-0.39, 0.29) is 5.91 Å². The Balaban J connectivity index is 2.61. The highest BCUT2D eigenvalue weighted by molar-refractivity contribution is 5.84. The van der Waals surface area contributed by atoms with E-state index < -0.39 is 17.7 Å². The van der Waals surface area contributed by atoms with Gasteiger partial charge in [-0.2, -0.15) is 0 Å². The van der Waals surface area contributed by atoms with Gasteiger partial charge in [-0.3, -0.25) is 4.79 Å². The molecule has 0 saturated carbocycles. The van der Waals surface area contributed by atoms with Crippen LogP contribution in [0.3, 0.4) is 0 Å². The number of carbonyl (C=O) groups excluding carboxylic acids is 1. The fourth-order valence-electron chi connectivity index (χ4n) is 1.23. The fraction of sp³-hybridized carbons (Fsp3) is 0.250. The van der Waals surface area contributed by atoms with Gasteiger partial charge >= 0.3 is 0 Å². The van der Waals surface area contributed by atoms with Crippen LogP contribution in [0, 0.1) is 11.6 Å². The van der Waals surface area contributed by atoms with Crippen LogP contribution < -0.4 is 10.6 Å². The average molecular weight is 240 g/mol. The van der Waals surface area contributed by atoms with Gasteiger partial charge in [0.05, 0.1) is 0 Å². The zero-order valence-corrected chi connectivity index (χ0v) is 9.47. The van der Waals surface area contributed by atoms with Crippen molar-refractivity contribution >= 4 is 11.6 Å². The molecule has 0 heterocycles. The highest BCUT2D eigenvalue weighted by atomic mass is 19.2. The van der Waals surface area contributed by atoms with E-state index in [0.29, 0.717) is 12.2 Å². The Kier molecular flexibility index (Phi) is 4.63. The lowest BCUT2D eigenvalue weighted by Crippen LogP contribution is -2.37. The summed E-state index contributed by atoms with van der Waals surface area (Å²) in [6, 6.07) is 2.84. The molecule has 0 bridgehead atoms. The number of hydrogen-bond donors (Lipinski definition) is 2. The molecule has 0 aromatic heterocycles. The minimum absolute atomic E-state index is 0.241. The topological polar surface area (TPSA) is 41.1 Å². The molecule has 0 fully saturated rings. The van der Waals surface area contributed by atoms with Crippen LogP contribution in [0.2, 0.25) is 0 Å². The van der Waals surface area contributed by atoms with Crippen LogP contribution in [0.5, 0.6) is 0 Å². The maximum Gasteiger partial charge on any atom is 0.242 e. The number of halogens is 2. The van der Waals surface area contributed by atoms with E-state index in [1.165, 1.54) is 6.07 Å². The van der Waals surface area contributed by atoms with Gasteiger partial charge in [-0.15, -0.1) is 6.58 Å². The van der Waals surface area contributed by atoms with Crippen molar-refractivity contribution in [3.05, 3.63) is 42.5 Å². The van der Waals surface area contributed by atoms with E-state index in [1.807, 2.05) is 0 Å². The van der Waals surface area contributed by atoms with Gasteiger partial charge in [0.1, 0.15) is 6.04 Å². The Morgan fingerprint density at radius 3 is 2.76 bits per heavy atom. The third kappa shape index (κ3) is 3.86. The normalized spacial score (nSPS) is 11.7. The molecule has 1 unspecified atom stereocenters. The van der Waals surface area contributed by atoms with Crippen molar-refractivity contribution in [1.82, 2.24) is 5.32 Å². The lowest BCUT2D eigenvalue weighted by atomic mass is 10.2. The summed E-state index contributed by atoms with van der Waals surface area (Å²) in [4.78, 5) is 11.5. The molecular formula is C12H14F2N2O. The predicted molar refractivity (Wildman–Crippen MR) is 62.6 cm³/mol. The number of carbonyl (C=O) groups is 1. The van der Waals surface area contributed by atoms with Crippen molar-refractivity contribution in [3.8, 4) is 0 Å². The first-order valence-electron chi connectivity index (χ1n) is 5.14. The number of hydrogen-bond acceptors (Lipinski definition) is 2. The highest BCUT2D eigenvalue weighted by Gasteiger charge is 2.12. The summed E-state index contributed by atoms with van der Waals surface area (Å²) in [5, 5.41) is 5.36. The van der Waals surface area contributed by atoms with Crippen LogP contribution in [0.25, 0.3) is 0 Å². The summed E-state index contributed by atoms with van der Waals surface area (Å²) >= 11 is 0. The van der Waals surface area contributed by atoms with Gasteiger partial charge in [-0.05, 0) is 19.1 Å². The average Bonchev–Trinajstić information content (AvgIpc) is 2.30. The molecule has 17 heavy (non-hydrogen) atoms. The molecular weight excluding hydrogens is 226 g/mol. The summed E-state index contributed by atoms with van der Waals surface area (Å²) in [6.07, 6.45) is 1.56. The van der Waals surface area contributed by atoms with Crippen molar-refractivity contribution in [3.63, 3.8) is 0 Å². The van der Waals surface area contributed by atoms with Crippen LogP contribution >= 0.6 is 0 Å². The second-order valence-electron chi connectivity index (χ2n) is 3.53. The van der Waals surface area contributed by atoms with Crippen molar-refractivity contribution < 1.29 is 13.6 Å². The van der Waals surface area contributed by atoms with Crippen molar-refractivity contribution in [2.45, 2.75) is 13.0 Å². The molecule has 0 aliphatic carbocycles. The van der Waals surface area contributed by atoms with Crippen LogP contribution in [0.15, 0.2) is 30.9 Å². The molecule has 92 valence electrons. The van der Waals surface area contributed by atoms with Crippen LogP contribution in [0.1, 0.15) is 6.92 Å². The van der Waals surface area contributed by atoms with E-state index in [1.54, 1.807) is 13.0 Å². The molecule has 1 aromatic rings. The van der Waals surface area contributed by atoms with Crippen molar-refractivity contribution in [2.24, 2.45) is 0 Å². The third-order valence-electron chi connectivity index (χ3n) is 2.12. The maximum absolute atomic E-state index is 12.9. The summed E-state index contributed by atoms with van der Waals surface area (Å²) in [7, 11) is 0. The molecule has 1 rings (SSSR count). The van der Waals surface area contributed by atoms with E-state index in [4.69, 9.17) is 0 Å². The predicted octanol–water partition coefficient (Wildman–Crippen LogP) is 2.07. The van der Waals surface area contributed by atoms with Crippen LogP contribution in [-0.2, 0) is 4.79 Å². The first-order chi connectivity index (χ1) is 8.04.